The molecule has 1 atom stereocenters. The molecule has 0 aliphatic carbocycles. The van der Waals surface area contributed by atoms with E-state index in [1.165, 1.54) is 12.1 Å². The topological polar surface area (TPSA) is 24.9 Å². The highest BCUT2D eigenvalue weighted by molar-refractivity contribution is 5.18. The number of methoxy groups -OCH3 is 2. The summed E-state index contributed by atoms with van der Waals surface area (Å²) in [5, 5.41) is 0. The number of nitrogens with zero attached hydrogens (tertiary/aromatic N) is 2. The van der Waals surface area contributed by atoms with Gasteiger partial charge in [-0.3, -0.25) is 4.90 Å². The summed E-state index contributed by atoms with van der Waals surface area (Å²) in [7, 11) is 3.53. The number of piperidine rings is 1. The second-order valence-electron chi connectivity index (χ2n) is 7.77. The standard InChI is InChI=1S/C20H30F2N2O2/c1-25-10-9-24-13-17(14-26-2)20(15-24)5-7-23(8-6-20)12-16-3-4-18(21)19(22)11-16/h3-4,11,17H,5-10,12-15H2,1-2H3. The SMILES string of the molecule is COCCN1CC(COC)C2(CCN(Cc3ccc(F)c(F)c3)CC2)C1. The van der Waals surface area contributed by atoms with E-state index < -0.39 is 11.6 Å². The maximum absolute atomic E-state index is 13.4. The summed E-state index contributed by atoms with van der Waals surface area (Å²) in [6.07, 6.45) is 2.24. The van der Waals surface area contributed by atoms with Crippen LogP contribution in [0.5, 0.6) is 0 Å². The van der Waals surface area contributed by atoms with Crippen LogP contribution in [0.1, 0.15) is 18.4 Å². The van der Waals surface area contributed by atoms with Gasteiger partial charge in [0, 0.05) is 46.3 Å². The van der Waals surface area contributed by atoms with Crippen molar-refractivity contribution < 1.29 is 18.3 Å². The molecule has 1 unspecified atom stereocenters. The van der Waals surface area contributed by atoms with Gasteiger partial charge in [-0.25, -0.2) is 8.78 Å². The molecule has 2 fully saturated rings. The molecule has 0 aromatic heterocycles. The summed E-state index contributed by atoms with van der Waals surface area (Å²) >= 11 is 0. The Kier molecular flexibility index (Phi) is 6.61. The van der Waals surface area contributed by atoms with Gasteiger partial charge in [-0.2, -0.15) is 0 Å². The second kappa shape index (κ2) is 8.74. The van der Waals surface area contributed by atoms with Crippen molar-refractivity contribution in [1.82, 2.24) is 9.80 Å². The van der Waals surface area contributed by atoms with Crippen molar-refractivity contribution in [2.24, 2.45) is 11.3 Å². The highest BCUT2D eigenvalue weighted by Crippen LogP contribution is 2.44. The maximum Gasteiger partial charge on any atom is 0.159 e. The van der Waals surface area contributed by atoms with Gasteiger partial charge in [0.25, 0.3) is 0 Å². The third-order valence-corrected chi connectivity index (χ3v) is 6.10. The summed E-state index contributed by atoms with van der Waals surface area (Å²) < 4.78 is 37.3. The quantitative estimate of drug-likeness (QED) is 0.739. The number of halogens is 2. The van der Waals surface area contributed by atoms with Gasteiger partial charge in [-0.1, -0.05) is 6.07 Å². The van der Waals surface area contributed by atoms with E-state index in [-0.39, 0.29) is 0 Å². The van der Waals surface area contributed by atoms with Crippen LogP contribution in [0.25, 0.3) is 0 Å². The van der Waals surface area contributed by atoms with Crippen LogP contribution in [-0.2, 0) is 16.0 Å². The van der Waals surface area contributed by atoms with Crippen LogP contribution in [0.4, 0.5) is 8.78 Å². The minimum atomic E-state index is -0.782. The fourth-order valence-corrected chi connectivity index (χ4v) is 4.58. The highest BCUT2D eigenvalue weighted by atomic mass is 19.2. The summed E-state index contributed by atoms with van der Waals surface area (Å²) in [4.78, 5) is 4.85. The van der Waals surface area contributed by atoms with E-state index in [0.29, 0.717) is 17.9 Å². The molecule has 2 saturated heterocycles. The van der Waals surface area contributed by atoms with Crippen molar-refractivity contribution in [3.63, 3.8) is 0 Å². The van der Waals surface area contributed by atoms with Crippen LogP contribution >= 0.6 is 0 Å². The molecule has 0 N–H and O–H groups in total. The lowest BCUT2D eigenvalue weighted by Gasteiger charge is -2.42. The first-order valence-electron chi connectivity index (χ1n) is 9.43. The van der Waals surface area contributed by atoms with Crippen LogP contribution in [0.3, 0.4) is 0 Å². The zero-order valence-corrected chi connectivity index (χ0v) is 15.8. The number of likely N-dealkylation sites (tertiary alicyclic amines) is 2. The van der Waals surface area contributed by atoms with Crippen molar-refractivity contribution >= 4 is 0 Å². The van der Waals surface area contributed by atoms with Crippen molar-refractivity contribution in [2.45, 2.75) is 19.4 Å². The van der Waals surface area contributed by atoms with Crippen molar-refractivity contribution in [1.29, 1.82) is 0 Å². The van der Waals surface area contributed by atoms with Gasteiger partial charge in [0.1, 0.15) is 0 Å². The van der Waals surface area contributed by atoms with E-state index in [1.807, 2.05) is 0 Å². The van der Waals surface area contributed by atoms with Crippen molar-refractivity contribution in [2.75, 3.05) is 60.2 Å². The largest absolute Gasteiger partial charge is 0.384 e. The highest BCUT2D eigenvalue weighted by Gasteiger charge is 2.47. The molecular formula is C20H30F2N2O2. The van der Waals surface area contributed by atoms with Crippen LogP contribution < -0.4 is 0 Å². The van der Waals surface area contributed by atoms with Gasteiger partial charge in [0.2, 0.25) is 0 Å². The lowest BCUT2D eigenvalue weighted by atomic mass is 9.71. The Morgan fingerprint density at radius 3 is 2.50 bits per heavy atom. The summed E-state index contributed by atoms with van der Waals surface area (Å²) in [6, 6.07) is 4.21. The zero-order valence-electron chi connectivity index (χ0n) is 15.8. The molecule has 2 heterocycles. The number of hydrogen-bond donors (Lipinski definition) is 0. The van der Waals surface area contributed by atoms with E-state index in [0.717, 1.165) is 64.3 Å². The Hall–Kier alpha value is -1.08. The Labute approximate surface area is 155 Å². The second-order valence-corrected chi connectivity index (χ2v) is 7.77. The Balaban J connectivity index is 1.59. The molecule has 0 radical (unpaired) electrons. The first-order chi connectivity index (χ1) is 12.6. The Morgan fingerprint density at radius 1 is 1.08 bits per heavy atom. The molecule has 1 aromatic rings. The predicted molar refractivity (Wildman–Crippen MR) is 97.0 cm³/mol. The van der Waals surface area contributed by atoms with Crippen molar-refractivity contribution in [3.05, 3.63) is 35.4 Å². The molecule has 0 amide bonds. The van der Waals surface area contributed by atoms with E-state index in [2.05, 4.69) is 9.80 Å². The molecule has 6 heteroatoms. The van der Waals surface area contributed by atoms with E-state index in [4.69, 9.17) is 9.47 Å². The molecule has 26 heavy (non-hydrogen) atoms. The third kappa shape index (κ3) is 4.42. The minimum absolute atomic E-state index is 0.300. The van der Waals surface area contributed by atoms with Crippen LogP contribution in [0.15, 0.2) is 18.2 Å². The molecule has 2 aliphatic rings. The number of rotatable bonds is 7. The summed E-state index contributed by atoms with van der Waals surface area (Å²) in [5.41, 5.74) is 1.13. The molecule has 146 valence electrons. The molecule has 1 spiro atoms. The Bertz CT molecular complexity index is 591. The zero-order chi connectivity index (χ0) is 18.6. The average Bonchev–Trinajstić information content (AvgIpc) is 2.96. The molecule has 0 bridgehead atoms. The van der Waals surface area contributed by atoms with E-state index >= 15 is 0 Å². The fraction of sp³-hybridized carbons (Fsp3) is 0.700. The maximum atomic E-state index is 13.4. The first kappa shape index (κ1) is 19.7. The normalized spacial score (nSPS) is 23.8. The third-order valence-electron chi connectivity index (χ3n) is 6.10. The van der Waals surface area contributed by atoms with Gasteiger partial charge in [0.15, 0.2) is 11.6 Å². The van der Waals surface area contributed by atoms with E-state index in [1.54, 1.807) is 20.3 Å². The van der Waals surface area contributed by atoms with Gasteiger partial charge in [-0.05, 0) is 49.0 Å². The van der Waals surface area contributed by atoms with Crippen LogP contribution in [-0.4, -0.2) is 70.0 Å². The lowest BCUT2D eigenvalue weighted by Crippen LogP contribution is -2.45. The Morgan fingerprint density at radius 2 is 1.85 bits per heavy atom. The van der Waals surface area contributed by atoms with Crippen LogP contribution in [0.2, 0.25) is 0 Å². The van der Waals surface area contributed by atoms with Gasteiger partial charge < -0.3 is 14.4 Å². The monoisotopic (exact) mass is 368 g/mol. The molecular weight excluding hydrogens is 338 g/mol. The number of ether oxygens (including phenoxy) is 2. The average molecular weight is 368 g/mol. The van der Waals surface area contributed by atoms with Gasteiger partial charge >= 0.3 is 0 Å². The smallest absolute Gasteiger partial charge is 0.159 e. The molecule has 3 rings (SSSR count). The van der Waals surface area contributed by atoms with E-state index in [9.17, 15) is 8.78 Å². The number of benzene rings is 1. The predicted octanol–water partition coefficient (Wildman–Crippen LogP) is 2.77. The van der Waals surface area contributed by atoms with Crippen LogP contribution in [0, 0.1) is 23.0 Å². The molecule has 2 aliphatic heterocycles. The fourth-order valence-electron chi connectivity index (χ4n) is 4.58. The first-order valence-corrected chi connectivity index (χ1v) is 9.43. The van der Waals surface area contributed by atoms with Gasteiger partial charge in [0.05, 0.1) is 13.2 Å². The lowest BCUT2D eigenvalue weighted by molar-refractivity contribution is 0.0348. The minimum Gasteiger partial charge on any atom is -0.384 e. The molecule has 1 aromatic carbocycles. The van der Waals surface area contributed by atoms with Crippen molar-refractivity contribution in [3.8, 4) is 0 Å². The summed E-state index contributed by atoms with van der Waals surface area (Å²) in [6.45, 7) is 7.34. The number of hydrogen-bond acceptors (Lipinski definition) is 4. The molecule has 4 nitrogen and oxygen atoms in total. The summed E-state index contributed by atoms with van der Waals surface area (Å²) in [5.74, 6) is -0.994. The van der Waals surface area contributed by atoms with Gasteiger partial charge in [-0.15, -0.1) is 0 Å². The molecule has 0 saturated carbocycles.